The molecule has 0 aromatic heterocycles. The summed E-state index contributed by atoms with van der Waals surface area (Å²) in [4.78, 5) is 11.1. The van der Waals surface area contributed by atoms with Crippen molar-refractivity contribution in [2.45, 2.75) is 5.92 Å². The summed E-state index contributed by atoms with van der Waals surface area (Å²) in [6.07, 6.45) is -0.819. The van der Waals surface area contributed by atoms with Crippen molar-refractivity contribution in [3.8, 4) is 0 Å². The molecule has 3 aromatic carbocycles. The highest BCUT2D eigenvalue weighted by Crippen LogP contribution is 2.57. The number of carboxylic acids is 1. The van der Waals surface area contributed by atoms with Crippen LogP contribution in [0.25, 0.3) is 0 Å². The lowest BCUT2D eigenvalue weighted by molar-refractivity contribution is -0.327. The Labute approximate surface area is 151 Å². The van der Waals surface area contributed by atoms with E-state index < -0.39 is 25.3 Å². The van der Waals surface area contributed by atoms with E-state index in [9.17, 15) is 18.7 Å². The largest absolute Gasteiger partial charge is 0.544 e. The van der Waals surface area contributed by atoms with Gasteiger partial charge in [-0.25, -0.2) is 0 Å². The number of hydrogen-bond acceptors (Lipinski definition) is 2. The quantitative estimate of drug-likeness (QED) is 0.625. The van der Waals surface area contributed by atoms with Gasteiger partial charge in [-0.15, -0.1) is 0 Å². The molecule has 0 unspecified atom stereocenters. The van der Waals surface area contributed by atoms with Crippen LogP contribution in [0.3, 0.4) is 0 Å². The zero-order valence-corrected chi connectivity index (χ0v) is 14.8. The standard InChI is InChI=1S/C21H17F2O2P/c22-21(23,20(24)25)16-26(17-10-4-1-5-11-17,18-12-6-2-7-13-18)19-14-8-3-9-15-19/h1-15H,16H2. The number of carbonyl (C=O) groups is 1. The molecule has 2 nitrogen and oxygen atoms in total. The average molecular weight is 370 g/mol. The summed E-state index contributed by atoms with van der Waals surface area (Å²) < 4.78 is 28.9. The van der Waals surface area contributed by atoms with E-state index in [1.165, 1.54) is 0 Å². The van der Waals surface area contributed by atoms with E-state index in [-0.39, 0.29) is 0 Å². The molecule has 0 saturated carbocycles. The van der Waals surface area contributed by atoms with Gasteiger partial charge in [0.05, 0.1) is 0 Å². The van der Waals surface area contributed by atoms with Gasteiger partial charge < -0.3 is 9.90 Å². The van der Waals surface area contributed by atoms with E-state index in [0.29, 0.717) is 15.9 Å². The molecule has 0 fully saturated rings. The summed E-state index contributed by atoms with van der Waals surface area (Å²) >= 11 is 0. The molecule has 0 aliphatic carbocycles. The molecule has 132 valence electrons. The molecule has 26 heavy (non-hydrogen) atoms. The number of alkyl halides is 2. The molecule has 0 radical (unpaired) electrons. The van der Waals surface area contributed by atoms with Gasteiger partial charge in [0.2, 0.25) is 0 Å². The fourth-order valence-corrected chi connectivity index (χ4v) is 7.34. The van der Waals surface area contributed by atoms with Gasteiger partial charge in [-0.2, -0.15) is 8.78 Å². The Morgan fingerprint density at radius 3 is 1.31 bits per heavy atom. The zero-order valence-electron chi connectivity index (χ0n) is 13.9. The van der Waals surface area contributed by atoms with Crippen LogP contribution in [0.1, 0.15) is 0 Å². The number of aliphatic carboxylic acids is 1. The Hall–Kier alpha value is -2.58. The summed E-state index contributed by atoms with van der Waals surface area (Å²) in [6, 6.07) is 26.9. The Bertz CT molecular complexity index is 772. The maximum atomic E-state index is 14.5. The highest BCUT2D eigenvalue weighted by molar-refractivity contribution is 7.95. The molecule has 0 amide bonds. The van der Waals surface area contributed by atoms with Crippen LogP contribution >= 0.6 is 7.26 Å². The van der Waals surface area contributed by atoms with Gasteiger partial charge >= 0.3 is 5.92 Å². The third-order valence-electron chi connectivity index (χ3n) is 4.33. The van der Waals surface area contributed by atoms with Crippen molar-refractivity contribution >= 4 is 29.1 Å². The van der Waals surface area contributed by atoms with Crippen molar-refractivity contribution in [3.63, 3.8) is 0 Å². The monoisotopic (exact) mass is 370 g/mol. The van der Waals surface area contributed by atoms with Gasteiger partial charge in [-0.3, -0.25) is 0 Å². The van der Waals surface area contributed by atoms with Crippen molar-refractivity contribution in [3.05, 3.63) is 91.0 Å². The molecule has 0 aliphatic rings. The van der Waals surface area contributed by atoms with Crippen molar-refractivity contribution < 1.29 is 18.7 Å². The Morgan fingerprint density at radius 1 is 0.731 bits per heavy atom. The highest BCUT2D eigenvalue weighted by Gasteiger charge is 2.53. The molecule has 3 rings (SSSR count). The van der Waals surface area contributed by atoms with Crippen LogP contribution in [0.5, 0.6) is 0 Å². The molecule has 5 heteroatoms. The maximum absolute atomic E-state index is 14.5. The molecule has 0 bridgehead atoms. The van der Waals surface area contributed by atoms with Crippen LogP contribution < -0.4 is 21.0 Å². The second kappa shape index (κ2) is 7.35. The van der Waals surface area contributed by atoms with Crippen LogP contribution in [0, 0.1) is 0 Å². The number of carboxylic acid groups (broad SMARTS) is 1. The summed E-state index contributed by atoms with van der Waals surface area (Å²) in [5, 5.41) is 13.3. The number of halogens is 2. The van der Waals surface area contributed by atoms with Crippen molar-refractivity contribution in [2.75, 3.05) is 6.16 Å². The molecule has 0 aliphatic heterocycles. The second-order valence-corrected chi connectivity index (χ2v) is 9.45. The zero-order chi connectivity index (χ0) is 18.6. The third-order valence-corrected chi connectivity index (χ3v) is 8.74. The first kappa shape index (κ1) is 18.2. The van der Waals surface area contributed by atoms with Gasteiger partial charge in [0.1, 0.15) is 35.3 Å². The lowest BCUT2D eigenvalue weighted by Gasteiger charge is -2.31. The summed E-state index contributed by atoms with van der Waals surface area (Å²) in [5.74, 6) is -6.29. The van der Waals surface area contributed by atoms with E-state index in [1.54, 1.807) is 72.8 Å². The second-order valence-electron chi connectivity index (χ2n) is 5.97. The topological polar surface area (TPSA) is 40.1 Å². The van der Waals surface area contributed by atoms with Crippen molar-refractivity contribution in [2.24, 2.45) is 0 Å². The highest BCUT2D eigenvalue weighted by atomic mass is 31.2. The van der Waals surface area contributed by atoms with E-state index in [2.05, 4.69) is 0 Å². The summed E-state index contributed by atoms with van der Waals surface area (Å²) in [6.45, 7) is 0. The lowest BCUT2D eigenvalue weighted by Crippen LogP contribution is -2.48. The number of carbonyl (C=O) groups excluding carboxylic acids is 1. The molecular formula is C21H17F2O2P. The predicted octanol–water partition coefficient (Wildman–Crippen LogP) is 2.37. The SMILES string of the molecule is O=C([O-])C(F)(F)C[P+](c1ccccc1)(c1ccccc1)c1ccccc1. The molecule has 0 N–H and O–H groups in total. The first-order valence-corrected chi connectivity index (χ1v) is 10.1. The van der Waals surface area contributed by atoms with Crippen molar-refractivity contribution in [1.29, 1.82) is 0 Å². The van der Waals surface area contributed by atoms with Gasteiger partial charge in [0.15, 0.2) is 0 Å². The fraction of sp³-hybridized carbons (Fsp3) is 0.0952. The Kier molecular flexibility index (Phi) is 5.15. The van der Waals surface area contributed by atoms with Crippen LogP contribution in [-0.2, 0) is 4.79 Å². The van der Waals surface area contributed by atoms with Crippen LogP contribution in [0.15, 0.2) is 91.0 Å². The molecule has 0 atom stereocenters. The number of benzene rings is 3. The lowest BCUT2D eigenvalue weighted by atomic mass is 10.3. The molecule has 0 spiro atoms. The van der Waals surface area contributed by atoms with E-state index >= 15 is 0 Å². The van der Waals surface area contributed by atoms with Crippen LogP contribution in [0.2, 0.25) is 0 Å². The fourth-order valence-electron chi connectivity index (χ4n) is 3.13. The van der Waals surface area contributed by atoms with Crippen LogP contribution in [0.4, 0.5) is 8.78 Å². The minimum atomic E-state index is -3.95. The first-order chi connectivity index (χ1) is 12.5. The molecule has 0 heterocycles. The van der Waals surface area contributed by atoms with E-state index in [0.717, 1.165) is 0 Å². The van der Waals surface area contributed by atoms with Gasteiger partial charge in [-0.05, 0) is 36.4 Å². The van der Waals surface area contributed by atoms with E-state index in [4.69, 9.17) is 0 Å². The van der Waals surface area contributed by atoms with Gasteiger partial charge in [0, 0.05) is 0 Å². The van der Waals surface area contributed by atoms with E-state index in [1.807, 2.05) is 18.2 Å². The third kappa shape index (κ3) is 3.38. The first-order valence-electron chi connectivity index (χ1n) is 8.11. The normalized spacial score (nSPS) is 11.9. The Morgan fingerprint density at radius 2 is 1.04 bits per heavy atom. The average Bonchev–Trinajstić information content (AvgIpc) is 2.68. The Balaban J connectivity index is 2.34. The molecular weight excluding hydrogens is 353 g/mol. The minimum Gasteiger partial charge on any atom is -0.544 e. The molecule has 3 aromatic rings. The molecule has 0 saturated heterocycles. The predicted molar refractivity (Wildman–Crippen MR) is 100.0 cm³/mol. The van der Waals surface area contributed by atoms with Gasteiger partial charge in [0.25, 0.3) is 0 Å². The summed E-state index contributed by atoms with van der Waals surface area (Å²) in [7, 11) is -2.90. The number of rotatable bonds is 6. The summed E-state index contributed by atoms with van der Waals surface area (Å²) in [5.41, 5.74) is 0. The van der Waals surface area contributed by atoms with Gasteiger partial charge in [-0.1, -0.05) is 54.6 Å². The maximum Gasteiger partial charge on any atom is 0.320 e. The smallest absolute Gasteiger partial charge is 0.320 e. The minimum absolute atomic E-state index is 0.707. The number of hydrogen-bond donors (Lipinski definition) is 0. The van der Waals surface area contributed by atoms with Crippen molar-refractivity contribution in [1.82, 2.24) is 0 Å². The van der Waals surface area contributed by atoms with Crippen LogP contribution in [-0.4, -0.2) is 18.1 Å².